The second kappa shape index (κ2) is 9.93. The van der Waals surface area contributed by atoms with Gasteiger partial charge in [0.1, 0.15) is 0 Å². The predicted molar refractivity (Wildman–Crippen MR) is 142 cm³/mol. The van der Waals surface area contributed by atoms with E-state index in [1.54, 1.807) is 72.8 Å². The number of nitrogens with zero attached hydrogens (tertiary/aromatic N) is 1. The molecule has 2 amide bonds. The number of halogens is 5. The molecule has 3 nitrogen and oxygen atoms in total. The summed E-state index contributed by atoms with van der Waals surface area (Å²) in [4.78, 5) is 29.0. The van der Waals surface area contributed by atoms with Crippen molar-refractivity contribution in [2.45, 2.75) is 24.4 Å². The van der Waals surface area contributed by atoms with E-state index in [1.807, 2.05) is 0 Å². The van der Waals surface area contributed by atoms with Crippen molar-refractivity contribution in [1.29, 1.82) is 0 Å². The molecule has 0 fully saturated rings. The van der Waals surface area contributed by atoms with Crippen LogP contribution in [0.3, 0.4) is 0 Å². The van der Waals surface area contributed by atoms with E-state index in [2.05, 4.69) is 0 Å². The van der Waals surface area contributed by atoms with Crippen LogP contribution in [-0.2, 0) is 29.2 Å². The minimum atomic E-state index is -4.64. The van der Waals surface area contributed by atoms with Crippen molar-refractivity contribution >= 4 is 40.7 Å². The lowest BCUT2D eigenvalue weighted by Gasteiger charge is -2.42. The summed E-state index contributed by atoms with van der Waals surface area (Å²) < 4.78 is 40.7. The number of hydrogen-bond acceptors (Lipinski definition) is 2. The highest BCUT2D eigenvalue weighted by molar-refractivity contribution is 6.31. The number of rotatable bonds is 5. The van der Waals surface area contributed by atoms with Gasteiger partial charge in [0.25, 0.3) is 5.91 Å². The van der Waals surface area contributed by atoms with E-state index in [9.17, 15) is 22.8 Å². The van der Waals surface area contributed by atoms with Crippen molar-refractivity contribution in [2.75, 3.05) is 4.90 Å². The molecular formula is C30H20Cl2F3NO2. The number of benzene rings is 4. The number of amides is 2. The average Bonchev–Trinajstić information content (AvgIpc) is 2.90. The summed E-state index contributed by atoms with van der Waals surface area (Å²) in [6, 6.07) is 25.1. The number of anilines is 1. The van der Waals surface area contributed by atoms with Gasteiger partial charge in [0.15, 0.2) is 0 Å². The van der Waals surface area contributed by atoms with Gasteiger partial charge in [-0.05, 0) is 78.1 Å². The molecule has 0 N–H and O–H groups in total. The van der Waals surface area contributed by atoms with E-state index in [-0.39, 0.29) is 24.1 Å². The Bertz CT molecular complexity index is 1470. The third kappa shape index (κ3) is 4.82. The summed E-state index contributed by atoms with van der Waals surface area (Å²) in [6.45, 7) is 0. The van der Waals surface area contributed by atoms with Crippen molar-refractivity contribution in [1.82, 2.24) is 0 Å². The fourth-order valence-electron chi connectivity index (χ4n) is 4.99. The highest BCUT2D eigenvalue weighted by Crippen LogP contribution is 2.43. The van der Waals surface area contributed by atoms with Crippen molar-refractivity contribution in [3.63, 3.8) is 0 Å². The van der Waals surface area contributed by atoms with Crippen LogP contribution in [-0.4, -0.2) is 11.8 Å². The van der Waals surface area contributed by atoms with Crippen LogP contribution in [0, 0.1) is 0 Å². The SMILES string of the molecule is O=C1c2ccccc2C(Cc2ccc(Cl)cc2)(Cc2ccc(Cl)cc2)C(=O)N1c1cccc(C(F)(F)F)c1. The normalized spacial score (nSPS) is 14.9. The molecule has 4 aromatic carbocycles. The van der Waals surface area contributed by atoms with Gasteiger partial charge < -0.3 is 0 Å². The van der Waals surface area contributed by atoms with E-state index in [1.165, 1.54) is 12.1 Å². The molecule has 0 aliphatic carbocycles. The molecule has 0 saturated heterocycles. The standard InChI is InChI=1S/C30H20Cl2F3NO2/c31-22-12-8-19(9-13-22)17-29(18-20-10-14-23(32)15-11-20)26-7-2-1-6-25(26)27(37)36(28(29)38)24-5-3-4-21(16-24)30(33,34)35/h1-16H,17-18H2. The van der Waals surface area contributed by atoms with Crippen molar-refractivity contribution in [3.05, 3.63) is 135 Å². The van der Waals surface area contributed by atoms with Gasteiger partial charge in [-0.25, -0.2) is 4.90 Å². The molecule has 38 heavy (non-hydrogen) atoms. The van der Waals surface area contributed by atoms with E-state index in [4.69, 9.17) is 23.2 Å². The van der Waals surface area contributed by atoms with Gasteiger partial charge >= 0.3 is 6.18 Å². The zero-order valence-electron chi connectivity index (χ0n) is 19.8. The highest BCUT2D eigenvalue weighted by Gasteiger charge is 2.51. The molecule has 1 aliphatic rings. The molecular weight excluding hydrogens is 534 g/mol. The Balaban J connectivity index is 1.73. The molecule has 8 heteroatoms. The van der Waals surface area contributed by atoms with E-state index < -0.39 is 29.0 Å². The Morgan fingerprint density at radius 2 is 1.26 bits per heavy atom. The molecule has 192 valence electrons. The molecule has 1 heterocycles. The second-order valence-corrected chi connectivity index (χ2v) is 10.1. The smallest absolute Gasteiger partial charge is 0.273 e. The largest absolute Gasteiger partial charge is 0.416 e. The zero-order chi connectivity index (χ0) is 27.1. The zero-order valence-corrected chi connectivity index (χ0v) is 21.3. The lowest BCUT2D eigenvalue weighted by Crippen LogP contribution is -2.57. The fourth-order valence-corrected chi connectivity index (χ4v) is 5.24. The first-order valence-electron chi connectivity index (χ1n) is 11.7. The monoisotopic (exact) mass is 553 g/mol. The molecule has 0 bridgehead atoms. The van der Waals surface area contributed by atoms with Crippen molar-refractivity contribution in [2.24, 2.45) is 0 Å². The topological polar surface area (TPSA) is 37.4 Å². The first-order chi connectivity index (χ1) is 18.1. The maximum Gasteiger partial charge on any atom is 0.416 e. The lowest BCUT2D eigenvalue weighted by atomic mass is 9.66. The highest BCUT2D eigenvalue weighted by atomic mass is 35.5. The van der Waals surface area contributed by atoms with Gasteiger partial charge in [-0.2, -0.15) is 13.2 Å². The maximum atomic E-state index is 14.5. The van der Waals surface area contributed by atoms with E-state index in [0.717, 1.165) is 28.2 Å². The quantitative estimate of drug-likeness (QED) is 0.235. The minimum Gasteiger partial charge on any atom is -0.273 e. The van der Waals surface area contributed by atoms with Crippen LogP contribution in [0.1, 0.15) is 32.6 Å². The van der Waals surface area contributed by atoms with Crippen molar-refractivity contribution < 1.29 is 22.8 Å². The molecule has 0 atom stereocenters. The van der Waals surface area contributed by atoms with Gasteiger partial charge in [0.05, 0.1) is 16.7 Å². The first-order valence-corrected chi connectivity index (χ1v) is 12.5. The summed E-state index contributed by atoms with van der Waals surface area (Å²) in [7, 11) is 0. The van der Waals surface area contributed by atoms with Crippen molar-refractivity contribution in [3.8, 4) is 0 Å². The summed E-state index contributed by atoms with van der Waals surface area (Å²) in [5.41, 5.74) is -0.0536. The third-order valence-electron chi connectivity index (χ3n) is 6.76. The lowest BCUT2D eigenvalue weighted by molar-refractivity contribution is -0.137. The Morgan fingerprint density at radius 1 is 0.711 bits per heavy atom. The molecule has 0 unspecified atom stereocenters. The summed E-state index contributed by atoms with van der Waals surface area (Å²) >= 11 is 12.2. The van der Waals surface area contributed by atoms with Crippen LogP contribution in [0.15, 0.2) is 97.1 Å². The van der Waals surface area contributed by atoms with Crippen LogP contribution >= 0.6 is 23.2 Å². The van der Waals surface area contributed by atoms with Gasteiger partial charge in [0.2, 0.25) is 5.91 Å². The fraction of sp³-hybridized carbons (Fsp3) is 0.133. The number of alkyl halides is 3. The molecule has 0 spiro atoms. The first kappa shape index (κ1) is 26.0. The van der Waals surface area contributed by atoms with Crippen LogP contribution in [0.2, 0.25) is 10.0 Å². The van der Waals surface area contributed by atoms with Crippen LogP contribution < -0.4 is 4.90 Å². The Morgan fingerprint density at radius 3 is 1.82 bits per heavy atom. The Hall–Kier alpha value is -3.61. The maximum absolute atomic E-state index is 14.5. The molecule has 0 saturated carbocycles. The number of carbonyl (C=O) groups is 2. The van der Waals surface area contributed by atoms with Crippen LogP contribution in [0.25, 0.3) is 0 Å². The Labute approximate surface area is 227 Å². The third-order valence-corrected chi connectivity index (χ3v) is 7.26. The number of hydrogen-bond donors (Lipinski definition) is 0. The molecule has 0 aromatic heterocycles. The predicted octanol–water partition coefficient (Wildman–Crippen LogP) is 7.92. The van der Waals surface area contributed by atoms with Crippen LogP contribution in [0.4, 0.5) is 18.9 Å². The van der Waals surface area contributed by atoms with Gasteiger partial charge in [0, 0.05) is 15.6 Å². The van der Waals surface area contributed by atoms with Gasteiger partial charge in [-0.3, -0.25) is 9.59 Å². The van der Waals surface area contributed by atoms with Gasteiger partial charge in [-0.1, -0.05) is 71.7 Å². The number of imide groups is 1. The molecule has 1 aliphatic heterocycles. The number of fused-ring (bicyclic) bond motifs is 1. The van der Waals surface area contributed by atoms with E-state index in [0.29, 0.717) is 15.6 Å². The Kier molecular flexibility index (Phi) is 6.80. The average molecular weight is 554 g/mol. The summed E-state index contributed by atoms with van der Waals surface area (Å²) in [5.74, 6) is -1.28. The van der Waals surface area contributed by atoms with Gasteiger partial charge in [-0.15, -0.1) is 0 Å². The summed E-state index contributed by atoms with van der Waals surface area (Å²) in [5, 5.41) is 1.05. The number of carbonyl (C=O) groups excluding carboxylic acids is 2. The molecule has 4 aromatic rings. The summed E-state index contributed by atoms with van der Waals surface area (Å²) in [6.07, 6.45) is -4.27. The van der Waals surface area contributed by atoms with E-state index >= 15 is 0 Å². The minimum absolute atomic E-state index is 0.138. The molecule has 0 radical (unpaired) electrons. The molecule has 5 rings (SSSR count). The second-order valence-electron chi connectivity index (χ2n) is 9.23. The van der Waals surface area contributed by atoms with Crippen LogP contribution in [0.5, 0.6) is 0 Å².